The van der Waals surface area contributed by atoms with Crippen LogP contribution in [0.4, 0.5) is 28.0 Å². The number of halogens is 4. The largest absolute Gasteiger partial charge is 0.324 e. The van der Waals surface area contributed by atoms with Gasteiger partial charge in [-0.15, -0.1) is 0 Å². The maximum Gasteiger partial charge on any atom is 0.324 e. The number of para-hydroxylation sites is 1. The molecule has 1 atom stereocenters. The van der Waals surface area contributed by atoms with Crippen molar-refractivity contribution < 1.29 is 30.8 Å². The van der Waals surface area contributed by atoms with Gasteiger partial charge in [-0.2, -0.15) is 0 Å². The van der Waals surface area contributed by atoms with E-state index in [0.717, 1.165) is 23.3 Å². The second kappa shape index (κ2) is 8.60. The van der Waals surface area contributed by atoms with Crippen molar-refractivity contribution in [2.45, 2.75) is 31.2 Å². The second-order valence-corrected chi connectivity index (χ2v) is 10.1. The van der Waals surface area contributed by atoms with Gasteiger partial charge in [0.15, 0.2) is 0 Å². The number of carbonyl (C=O) groups is 1. The molecular weight excluding hydrogens is 462 g/mol. The Hall–Kier alpha value is -2.66. The summed E-state index contributed by atoms with van der Waals surface area (Å²) in [6.45, 7) is -0.798. The molecule has 1 saturated heterocycles. The van der Waals surface area contributed by atoms with Crippen LogP contribution in [0.1, 0.15) is 18.4 Å². The quantitative estimate of drug-likeness (QED) is 0.674. The van der Waals surface area contributed by atoms with E-state index < -0.39 is 46.2 Å². The predicted octanol–water partition coefficient (Wildman–Crippen LogP) is 3.76. The number of urea groups is 1. The van der Waals surface area contributed by atoms with Gasteiger partial charge in [-0.3, -0.25) is 4.90 Å². The van der Waals surface area contributed by atoms with Crippen molar-refractivity contribution in [2.75, 3.05) is 30.8 Å². The van der Waals surface area contributed by atoms with Gasteiger partial charge in [-0.1, -0.05) is 24.3 Å². The molecule has 0 radical (unpaired) electrons. The molecule has 0 bridgehead atoms. The van der Waals surface area contributed by atoms with E-state index >= 15 is 0 Å². The highest BCUT2D eigenvalue weighted by atomic mass is 32.2. The van der Waals surface area contributed by atoms with E-state index in [1.165, 1.54) is 17.0 Å². The maximum absolute atomic E-state index is 14.9. The third-order valence-electron chi connectivity index (χ3n) is 5.92. The number of carbonyl (C=O) groups excluding carboxylic acids is 1. The van der Waals surface area contributed by atoms with Gasteiger partial charge in [0.05, 0.1) is 30.1 Å². The number of anilines is 1. The van der Waals surface area contributed by atoms with Crippen molar-refractivity contribution in [1.82, 2.24) is 9.62 Å². The van der Waals surface area contributed by atoms with E-state index in [4.69, 9.17) is 0 Å². The van der Waals surface area contributed by atoms with Gasteiger partial charge in [-0.25, -0.2) is 35.5 Å². The number of sulfonamides is 1. The fourth-order valence-electron chi connectivity index (χ4n) is 4.48. The fourth-order valence-corrected chi connectivity index (χ4v) is 5.29. The molecule has 2 amide bonds. The molecule has 2 heterocycles. The normalized spacial score (nSPS) is 20.5. The lowest BCUT2D eigenvalue weighted by atomic mass is 9.99. The predicted molar refractivity (Wildman–Crippen MR) is 116 cm³/mol. The molecule has 0 unspecified atom stereocenters. The van der Waals surface area contributed by atoms with Crippen LogP contribution in [0.2, 0.25) is 0 Å². The zero-order valence-electron chi connectivity index (χ0n) is 17.8. The molecule has 33 heavy (non-hydrogen) atoms. The number of hydrogen-bond acceptors (Lipinski definition) is 3. The van der Waals surface area contributed by atoms with Crippen LogP contribution in [0, 0.1) is 11.6 Å². The Bertz CT molecular complexity index is 1170. The molecule has 0 saturated carbocycles. The van der Waals surface area contributed by atoms with Crippen LogP contribution in [-0.4, -0.2) is 57.2 Å². The standard InChI is InChI=1S/C22H23F4N3O3S/c1-33(31,32)27-18-9-4-11-28(13-22(18,25)26)21(30)29-12-10-14-5-2-6-15(20(14)29)19-16(23)7-3-8-17(19)24/h2-3,5-8,18,27H,4,9-13H2,1H3/t18-/m0/s1. The topological polar surface area (TPSA) is 69.7 Å². The number of hydrogen-bond donors (Lipinski definition) is 1. The van der Waals surface area contributed by atoms with Crippen LogP contribution < -0.4 is 9.62 Å². The summed E-state index contributed by atoms with van der Waals surface area (Å²) in [6.07, 6.45) is 1.25. The van der Waals surface area contributed by atoms with Crippen molar-refractivity contribution in [1.29, 1.82) is 0 Å². The SMILES string of the molecule is CS(=O)(=O)N[C@H]1CCCN(C(=O)N2CCc3cccc(-c4c(F)cccc4F)c32)CC1(F)F. The van der Waals surface area contributed by atoms with Crippen molar-refractivity contribution in [3.63, 3.8) is 0 Å². The molecule has 2 aromatic carbocycles. The molecule has 4 rings (SSSR count). The Morgan fingerprint density at radius 3 is 2.42 bits per heavy atom. The molecule has 2 aromatic rings. The van der Waals surface area contributed by atoms with Crippen LogP contribution in [-0.2, 0) is 16.4 Å². The average Bonchev–Trinajstić information content (AvgIpc) is 3.09. The number of fused-ring (bicyclic) bond motifs is 1. The lowest BCUT2D eigenvalue weighted by molar-refractivity contribution is -0.0413. The van der Waals surface area contributed by atoms with Gasteiger partial charge in [-0.05, 0) is 37.0 Å². The Labute approximate surface area is 189 Å². The molecule has 0 spiro atoms. The highest BCUT2D eigenvalue weighted by Gasteiger charge is 2.46. The van der Waals surface area contributed by atoms with Crippen LogP contribution in [0.25, 0.3) is 11.1 Å². The number of benzene rings is 2. The number of rotatable bonds is 3. The Morgan fingerprint density at radius 1 is 1.09 bits per heavy atom. The summed E-state index contributed by atoms with van der Waals surface area (Å²) in [5.41, 5.74) is 0.867. The number of amides is 2. The van der Waals surface area contributed by atoms with E-state index in [-0.39, 0.29) is 37.1 Å². The van der Waals surface area contributed by atoms with Crippen LogP contribution >= 0.6 is 0 Å². The zero-order valence-corrected chi connectivity index (χ0v) is 18.6. The van der Waals surface area contributed by atoms with Crippen LogP contribution in [0.15, 0.2) is 36.4 Å². The smallest absolute Gasteiger partial charge is 0.318 e. The molecule has 2 aliphatic heterocycles. The van der Waals surface area contributed by atoms with Crippen LogP contribution in [0.3, 0.4) is 0 Å². The van der Waals surface area contributed by atoms with Gasteiger partial charge in [0.1, 0.15) is 11.6 Å². The third-order valence-corrected chi connectivity index (χ3v) is 6.63. The number of nitrogens with one attached hydrogen (secondary N) is 1. The lowest BCUT2D eigenvalue weighted by Gasteiger charge is -2.31. The van der Waals surface area contributed by atoms with Crippen LogP contribution in [0.5, 0.6) is 0 Å². The summed E-state index contributed by atoms with van der Waals surface area (Å²) >= 11 is 0. The summed E-state index contributed by atoms with van der Waals surface area (Å²) in [5, 5.41) is 0. The van der Waals surface area contributed by atoms with Crippen molar-refractivity contribution >= 4 is 21.7 Å². The van der Waals surface area contributed by atoms with Crippen molar-refractivity contribution in [2.24, 2.45) is 0 Å². The summed E-state index contributed by atoms with van der Waals surface area (Å²) < 4.78 is 83.7. The van der Waals surface area contributed by atoms with Gasteiger partial charge >= 0.3 is 6.03 Å². The average molecular weight is 486 g/mol. The van der Waals surface area contributed by atoms with E-state index in [9.17, 15) is 30.8 Å². The Morgan fingerprint density at radius 2 is 1.76 bits per heavy atom. The number of nitrogens with zero attached hydrogens (tertiary/aromatic N) is 2. The molecule has 1 fully saturated rings. The van der Waals surface area contributed by atoms with Crippen molar-refractivity contribution in [3.8, 4) is 11.1 Å². The minimum absolute atomic E-state index is 0.00156. The highest BCUT2D eigenvalue weighted by Crippen LogP contribution is 2.41. The van der Waals surface area contributed by atoms with Gasteiger partial charge in [0.2, 0.25) is 10.0 Å². The third kappa shape index (κ3) is 4.70. The molecule has 6 nitrogen and oxygen atoms in total. The summed E-state index contributed by atoms with van der Waals surface area (Å²) in [6, 6.07) is 5.99. The van der Waals surface area contributed by atoms with E-state index in [1.807, 2.05) is 4.72 Å². The first kappa shape index (κ1) is 23.5. The van der Waals surface area contributed by atoms with Gasteiger partial charge in [0.25, 0.3) is 5.92 Å². The van der Waals surface area contributed by atoms with E-state index in [1.54, 1.807) is 12.1 Å². The number of alkyl halides is 2. The second-order valence-electron chi connectivity index (χ2n) is 8.36. The molecule has 178 valence electrons. The first-order valence-electron chi connectivity index (χ1n) is 10.5. The molecule has 11 heteroatoms. The summed E-state index contributed by atoms with van der Waals surface area (Å²) in [5.74, 6) is -5.08. The molecule has 2 aliphatic rings. The molecule has 0 aliphatic carbocycles. The fraction of sp³-hybridized carbons (Fsp3) is 0.409. The minimum atomic E-state index is -3.86. The summed E-state index contributed by atoms with van der Waals surface area (Å²) in [4.78, 5) is 15.6. The lowest BCUT2D eigenvalue weighted by Crippen LogP contribution is -2.53. The number of likely N-dealkylation sites (tertiary alicyclic amines) is 1. The molecule has 0 aromatic heterocycles. The Balaban J connectivity index is 1.66. The first-order chi connectivity index (χ1) is 15.5. The zero-order chi connectivity index (χ0) is 24.0. The van der Waals surface area contributed by atoms with Gasteiger partial charge in [0, 0.05) is 18.7 Å². The molecule has 1 N–H and O–H groups in total. The van der Waals surface area contributed by atoms with E-state index in [2.05, 4.69) is 0 Å². The Kier molecular flexibility index (Phi) is 6.12. The summed E-state index contributed by atoms with van der Waals surface area (Å²) in [7, 11) is -3.86. The van der Waals surface area contributed by atoms with Crippen molar-refractivity contribution in [3.05, 3.63) is 53.6 Å². The first-order valence-corrected chi connectivity index (χ1v) is 12.3. The highest BCUT2D eigenvalue weighted by molar-refractivity contribution is 7.88. The van der Waals surface area contributed by atoms with E-state index in [0.29, 0.717) is 17.7 Å². The minimum Gasteiger partial charge on any atom is -0.318 e. The monoisotopic (exact) mass is 485 g/mol. The molecular formula is C22H23F4N3O3S. The maximum atomic E-state index is 14.9. The van der Waals surface area contributed by atoms with Gasteiger partial charge < -0.3 is 4.90 Å².